The Kier molecular flexibility index (Phi) is 4.82. The van der Waals surface area contributed by atoms with E-state index >= 15 is 0 Å². The molecule has 118 valence electrons. The number of para-hydroxylation sites is 1. The molecule has 6 nitrogen and oxygen atoms in total. The molecule has 1 heterocycles. The summed E-state index contributed by atoms with van der Waals surface area (Å²) in [5.41, 5.74) is 1.32. The molecule has 2 amide bonds. The average molecular weight is 302 g/mol. The van der Waals surface area contributed by atoms with Crippen LogP contribution >= 0.6 is 0 Å². The minimum absolute atomic E-state index is 0.117. The van der Waals surface area contributed by atoms with Crippen LogP contribution < -0.4 is 10.6 Å². The number of aliphatic hydroxyl groups excluding tert-OH is 1. The average Bonchev–Trinajstić information content (AvgIpc) is 2.95. The second-order valence-corrected chi connectivity index (χ2v) is 5.57. The third-order valence-electron chi connectivity index (χ3n) is 3.77. The number of aryl methyl sites for hydroxylation is 1. The van der Waals surface area contributed by atoms with Gasteiger partial charge in [0.15, 0.2) is 0 Å². The van der Waals surface area contributed by atoms with Crippen molar-refractivity contribution < 1.29 is 9.90 Å². The van der Waals surface area contributed by atoms with E-state index in [0.29, 0.717) is 12.2 Å². The summed E-state index contributed by atoms with van der Waals surface area (Å²) in [4.78, 5) is 12.1. The number of carbonyl (C=O) groups excluding carboxylic acids is 1. The van der Waals surface area contributed by atoms with Gasteiger partial charge in [0, 0.05) is 6.07 Å². The van der Waals surface area contributed by atoms with Gasteiger partial charge in [-0.05, 0) is 31.9 Å². The SMILES string of the molecule is CCC(C)(CO)NC(=O)Nc1ccnn1-c1ccccc1C. The second-order valence-electron chi connectivity index (χ2n) is 5.57. The summed E-state index contributed by atoms with van der Waals surface area (Å²) in [6.45, 7) is 5.58. The summed E-state index contributed by atoms with van der Waals surface area (Å²) in [5.74, 6) is 0.572. The number of hydrogen-bond donors (Lipinski definition) is 3. The molecule has 0 saturated carbocycles. The van der Waals surface area contributed by atoms with Gasteiger partial charge in [-0.2, -0.15) is 5.10 Å². The summed E-state index contributed by atoms with van der Waals surface area (Å²) >= 11 is 0. The lowest BCUT2D eigenvalue weighted by Gasteiger charge is -2.27. The van der Waals surface area contributed by atoms with Gasteiger partial charge in [-0.1, -0.05) is 25.1 Å². The number of nitrogens with one attached hydrogen (secondary N) is 2. The Labute approximate surface area is 130 Å². The summed E-state index contributed by atoms with van der Waals surface area (Å²) in [5, 5.41) is 19.2. The molecule has 0 fully saturated rings. The lowest BCUT2D eigenvalue weighted by atomic mass is 10.0. The Hall–Kier alpha value is -2.34. The van der Waals surface area contributed by atoms with Crippen molar-refractivity contribution in [2.75, 3.05) is 11.9 Å². The highest BCUT2D eigenvalue weighted by molar-refractivity contribution is 5.89. The highest BCUT2D eigenvalue weighted by Crippen LogP contribution is 2.18. The zero-order valence-corrected chi connectivity index (χ0v) is 13.1. The highest BCUT2D eigenvalue weighted by atomic mass is 16.3. The van der Waals surface area contributed by atoms with Gasteiger partial charge in [0.05, 0.1) is 24.0 Å². The molecular formula is C16H22N4O2. The van der Waals surface area contributed by atoms with Crippen LogP contribution in [-0.2, 0) is 0 Å². The third-order valence-corrected chi connectivity index (χ3v) is 3.77. The Morgan fingerprint density at radius 3 is 2.73 bits per heavy atom. The molecule has 1 unspecified atom stereocenters. The van der Waals surface area contributed by atoms with Crippen LogP contribution in [0, 0.1) is 6.92 Å². The Morgan fingerprint density at radius 1 is 1.36 bits per heavy atom. The normalized spacial score (nSPS) is 13.5. The topological polar surface area (TPSA) is 79.2 Å². The molecule has 0 aliphatic carbocycles. The molecule has 1 atom stereocenters. The first-order valence-corrected chi connectivity index (χ1v) is 7.29. The van der Waals surface area contributed by atoms with Crippen molar-refractivity contribution in [2.45, 2.75) is 32.7 Å². The van der Waals surface area contributed by atoms with Crippen molar-refractivity contribution in [2.24, 2.45) is 0 Å². The van der Waals surface area contributed by atoms with Crippen molar-refractivity contribution in [1.82, 2.24) is 15.1 Å². The lowest BCUT2D eigenvalue weighted by molar-refractivity contribution is 0.172. The van der Waals surface area contributed by atoms with E-state index in [1.54, 1.807) is 23.9 Å². The van der Waals surface area contributed by atoms with Crippen molar-refractivity contribution in [3.63, 3.8) is 0 Å². The second kappa shape index (κ2) is 6.62. The van der Waals surface area contributed by atoms with E-state index < -0.39 is 5.54 Å². The number of benzene rings is 1. The first kappa shape index (κ1) is 16.0. The van der Waals surface area contributed by atoms with Gasteiger partial charge in [0.25, 0.3) is 0 Å². The number of anilines is 1. The minimum atomic E-state index is -0.641. The Balaban J connectivity index is 2.17. The van der Waals surface area contributed by atoms with Gasteiger partial charge in [0.1, 0.15) is 5.82 Å². The van der Waals surface area contributed by atoms with Crippen molar-refractivity contribution >= 4 is 11.8 Å². The van der Waals surface area contributed by atoms with Gasteiger partial charge in [-0.25, -0.2) is 9.48 Å². The molecule has 1 aromatic heterocycles. The van der Waals surface area contributed by atoms with E-state index in [1.165, 1.54) is 0 Å². The maximum Gasteiger partial charge on any atom is 0.320 e. The van der Waals surface area contributed by atoms with Crippen LogP contribution in [0.25, 0.3) is 5.69 Å². The molecule has 0 bridgehead atoms. The lowest BCUT2D eigenvalue weighted by Crippen LogP contribution is -2.50. The number of urea groups is 1. The van der Waals surface area contributed by atoms with Gasteiger partial charge in [0.2, 0.25) is 0 Å². The van der Waals surface area contributed by atoms with Gasteiger partial charge < -0.3 is 10.4 Å². The van der Waals surface area contributed by atoms with Crippen molar-refractivity contribution in [3.8, 4) is 5.69 Å². The van der Waals surface area contributed by atoms with E-state index in [4.69, 9.17) is 0 Å². The van der Waals surface area contributed by atoms with Crippen LogP contribution in [0.2, 0.25) is 0 Å². The zero-order chi connectivity index (χ0) is 16.2. The van der Waals surface area contributed by atoms with E-state index in [9.17, 15) is 9.90 Å². The molecule has 6 heteroatoms. The summed E-state index contributed by atoms with van der Waals surface area (Å²) in [6, 6.07) is 9.17. The van der Waals surface area contributed by atoms with Crippen molar-refractivity contribution in [1.29, 1.82) is 0 Å². The summed E-state index contributed by atoms with van der Waals surface area (Å²) < 4.78 is 1.68. The Morgan fingerprint density at radius 2 is 2.09 bits per heavy atom. The Bertz CT molecular complexity index is 647. The van der Waals surface area contributed by atoms with Crippen molar-refractivity contribution in [3.05, 3.63) is 42.1 Å². The van der Waals surface area contributed by atoms with Crippen LogP contribution in [0.15, 0.2) is 36.5 Å². The van der Waals surface area contributed by atoms with Crippen LogP contribution in [0.1, 0.15) is 25.8 Å². The zero-order valence-electron chi connectivity index (χ0n) is 13.1. The van der Waals surface area contributed by atoms with Crippen LogP contribution in [0.5, 0.6) is 0 Å². The molecule has 0 spiro atoms. The quantitative estimate of drug-likeness (QED) is 0.794. The van der Waals surface area contributed by atoms with Crippen LogP contribution in [0.3, 0.4) is 0 Å². The number of rotatable bonds is 5. The fourth-order valence-corrected chi connectivity index (χ4v) is 2.05. The fourth-order valence-electron chi connectivity index (χ4n) is 2.05. The molecule has 22 heavy (non-hydrogen) atoms. The van der Waals surface area contributed by atoms with E-state index in [-0.39, 0.29) is 12.6 Å². The number of carbonyl (C=O) groups is 1. The monoisotopic (exact) mass is 302 g/mol. The minimum Gasteiger partial charge on any atom is -0.394 e. The molecule has 0 radical (unpaired) electrons. The number of hydrogen-bond acceptors (Lipinski definition) is 3. The van der Waals surface area contributed by atoms with Crippen LogP contribution in [-0.4, -0.2) is 33.1 Å². The molecule has 2 rings (SSSR count). The van der Waals surface area contributed by atoms with E-state index in [1.807, 2.05) is 38.1 Å². The predicted octanol–water partition coefficient (Wildman–Crippen LogP) is 2.46. The number of aliphatic hydroxyl groups is 1. The molecular weight excluding hydrogens is 280 g/mol. The maximum absolute atomic E-state index is 12.1. The van der Waals surface area contributed by atoms with E-state index in [0.717, 1.165) is 11.3 Å². The molecule has 2 aromatic rings. The first-order valence-electron chi connectivity index (χ1n) is 7.29. The molecule has 3 N–H and O–H groups in total. The largest absolute Gasteiger partial charge is 0.394 e. The van der Waals surface area contributed by atoms with E-state index in [2.05, 4.69) is 15.7 Å². The van der Waals surface area contributed by atoms with Gasteiger partial charge in [-0.3, -0.25) is 5.32 Å². The molecule has 0 aliphatic heterocycles. The van der Waals surface area contributed by atoms with Gasteiger partial charge in [-0.15, -0.1) is 0 Å². The molecule has 0 saturated heterocycles. The highest BCUT2D eigenvalue weighted by Gasteiger charge is 2.23. The molecule has 1 aromatic carbocycles. The van der Waals surface area contributed by atoms with Crippen LogP contribution in [0.4, 0.5) is 10.6 Å². The summed E-state index contributed by atoms with van der Waals surface area (Å²) in [7, 11) is 0. The maximum atomic E-state index is 12.1. The third kappa shape index (κ3) is 3.46. The smallest absolute Gasteiger partial charge is 0.320 e. The fraction of sp³-hybridized carbons (Fsp3) is 0.375. The predicted molar refractivity (Wildman–Crippen MR) is 86.2 cm³/mol. The first-order chi connectivity index (χ1) is 10.5. The number of aromatic nitrogens is 2. The number of nitrogens with zero attached hydrogens (tertiary/aromatic N) is 2. The summed E-state index contributed by atoms with van der Waals surface area (Å²) in [6.07, 6.45) is 2.26. The standard InChI is InChI=1S/C16H22N4O2/c1-4-16(3,11-21)19-15(22)18-14-9-10-17-20(14)13-8-6-5-7-12(13)2/h5-10,21H,4,11H2,1-3H3,(H2,18,19,22). The molecule has 0 aliphatic rings. The number of amides is 2. The van der Waals surface area contributed by atoms with Gasteiger partial charge >= 0.3 is 6.03 Å².